The summed E-state index contributed by atoms with van der Waals surface area (Å²) in [6, 6.07) is 6.52. The molecule has 0 aliphatic heterocycles. The fraction of sp³-hybridized carbons (Fsp3) is 0.312. The van der Waals surface area contributed by atoms with Crippen molar-refractivity contribution < 1.29 is 34.8 Å². The number of aliphatic hydroxyl groups excluding tert-OH is 1. The largest absolute Gasteiger partial charge is 0.511 e. The van der Waals surface area contributed by atoms with Crippen LogP contribution < -0.4 is 0 Å². The molecule has 6 N–H and O–H groups in total. The van der Waals surface area contributed by atoms with Crippen LogP contribution in [0, 0.1) is 5.92 Å². The summed E-state index contributed by atoms with van der Waals surface area (Å²) in [4.78, 5) is 18.0. The van der Waals surface area contributed by atoms with Crippen molar-refractivity contribution >= 4 is 13.5 Å². The van der Waals surface area contributed by atoms with E-state index in [-0.39, 0.29) is 17.9 Å². The van der Waals surface area contributed by atoms with Crippen LogP contribution >= 0.6 is 7.75 Å². The van der Waals surface area contributed by atoms with Crippen molar-refractivity contribution in [3.8, 4) is 5.75 Å². The maximum absolute atomic E-state index is 11.1. The predicted octanol–water partition coefficient (Wildman–Crippen LogP) is 1.56. The Hall–Kier alpha value is -1.96. The van der Waals surface area contributed by atoms with Crippen LogP contribution in [0.15, 0.2) is 53.0 Å². The van der Waals surface area contributed by atoms with E-state index >= 15 is 0 Å². The van der Waals surface area contributed by atoms with E-state index in [9.17, 15) is 25.0 Å². The standard InChI is InChI=1S/C16H20NO7P/c18-12-6-1-4-11(10-12)5-3-9-16(20,21)15-13(17-25(22,23)24)7-2-8-14(15)19/h1-2,4,6-8,10,15,18-21H,3,5,9H2,(H2,22,23,24)/b17-13+. The van der Waals surface area contributed by atoms with Crippen LogP contribution in [-0.2, 0) is 11.0 Å². The molecule has 0 saturated heterocycles. The van der Waals surface area contributed by atoms with Crippen LogP contribution in [-0.4, -0.2) is 41.7 Å². The molecule has 25 heavy (non-hydrogen) atoms. The molecule has 0 aromatic heterocycles. The van der Waals surface area contributed by atoms with E-state index in [1.807, 2.05) is 0 Å². The molecule has 1 aromatic rings. The Kier molecular flexibility index (Phi) is 5.82. The maximum Gasteiger partial charge on any atom is 0.448 e. The molecule has 1 aliphatic rings. The Morgan fingerprint density at radius 1 is 1.20 bits per heavy atom. The molecule has 1 aromatic carbocycles. The highest BCUT2D eigenvalue weighted by Gasteiger charge is 2.41. The minimum Gasteiger partial charge on any atom is -0.511 e. The highest BCUT2D eigenvalue weighted by Crippen LogP contribution is 2.40. The second-order valence-corrected chi connectivity index (χ2v) is 7.05. The molecule has 0 amide bonds. The van der Waals surface area contributed by atoms with Gasteiger partial charge in [-0.3, -0.25) is 0 Å². The summed E-state index contributed by atoms with van der Waals surface area (Å²) in [5, 5.41) is 40.1. The zero-order valence-corrected chi connectivity index (χ0v) is 14.1. The van der Waals surface area contributed by atoms with Gasteiger partial charge >= 0.3 is 7.75 Å². The molecule has 1 aliphatic carbocycles. The fourth-order valence-corrected chi connectivity index (χ4v) is 3.20. The van der Waals surface area contributed by atoms with E-state index in [1.54, 1.807) is 18.2 Å². The normalized spacial score (nSPS) is 19.9. The first kappa shape index (κ1) is 19.4. The van der Waals surface area contributed by atoms with Crippen LogP contribution in [0.1, 0.15) is 18.4 Å². The highest BCUT2D eigenvalue weighted by atomic mass is 31.2. The number of hydrogen-bond acceptors (Lipinski definition) is 5. The lowest BCUT2D eigenvalue weighted by Crippen LogP contribution is -2.43. The zero-order chi connectivity index (χ0) is 18.7. The van der Waals surface area contributed by atoms with Gasteiger partial charge in [0.2, 0.25) is 0 Å². The van der Waals surface area contributed by atoms with Gasteiger partial charge in [-0.25, -0.2) is 4.57 Å². The van der Waals surface area contributed by atoms with E-state index in [0.29, 0.717) is 12.8 Å². The summed E-state index contributed by atoms with van der Waals surface area (Å²) in [6.45, 7) is 0. The third kappa shape index (κ3) is 5.52. The number of benzene rings is 1. The van der Waals surface area contributed by atoms with Gasteiger partial charge in [-0.05, 0) is 42.7 Å². The first-order valence-corrected chi connectivity index (χ1v) is 9.10. The molecule has 0 fully saturated rings. The SMILES string of the molecule is O=P(O)(O)/N=C1\C=CC=C(O)C1C(O)(O)CCCc1cccc(O)c1. The van der Waals surface area contributed by atoms with Gasteiger partial charge in [-0.15, -0.1) is 0 Å². The van der Waals surface area contributed by atoms with Gasteiger partial charge in [0.15, 0.2) is 5.79 Å². The molecule has 9 heteroatoms. The molecule has 136 valence electrons. The van der Waals surface area contributed by atoms with Gasteiger partial charge in [0.1, 0.15) is 17.4 Å². The quantitative estimate of drug-likeness (QED) is 0.329. The number of nitrogens with zero attached hydrogens (tertiary/aromatic N) is 1. The zero-order valence-electron chi connectivity index (χ0n) is 13.2. The molecule has 2 rings (SSSR count). The third-order valence-electron chi connectivity index (χ3n) is 3.75. The average Bonchev–Trinajstić information content (AvgIpc) is 2.45. The molecule has 8 nitrogen and oxygen atoms in total. The Bertz CT molecular complexity index is 764. The molecule has 0 heterocycles. The number of rotatable bonds is 6. The van der Waals surface area contributed by atoms with E-state index < -0.39 is 25.2 Å². The van der Waals surface area contributed by atoms with Crippen molar-refractivity contribution in [2.45, 2.75) is 25.0 Å². The van der Waals surface area contributed by atoms with Gasteiger partial charge in [0, 0.05) is 6.42 Å². The lowest BCUT2D eigenvalue weighted by molar-refractivity contribution is -0.186. The molecular weight excluding hydrogens is 349 g/mol. The van der Waals surface area contributed by atoms with Gasteiger partial charge in [-0.1, -0.05) is 18.2 Å². The van der Waals surface area contributed by atoms with Crippen LogP contribution in [0.25, 0.3) is 0 Å². The Morgan fingerprint density at radius 2 is 1.92 bits per heavy atom. The van der Waals surface area contributed by atoms with Crippen LogP contribution in [0.3, 0.4) is 0 Å². The monoisotopic (exact) mass is 369 g/mol. The Morgan fingerprint density at radius 3 is 2.56 bits per heavy atom. The van der Waals surface area contributed by atoms with Crippen molar-refractivity contribution in [2.75, 3.05) is 0 Å². The summed E-state index contributed by atoms with van der Waals surface area (Å²) in [5.74, 6) is -4.26. The molecule has 0 bridgehead atoms. The number of hydrogen-bond donors (Lipinski definition) is 6. The summed E-state index contributed by atoms with van der Waals surface area (Å²) >= 11 is 0. The van der Waals surface area contributed by atoms with E-state index in [1.165, 1.54) is 24.3 Å². The van der Waals surface area contributed by atoms with Crippen LogP contribution in [0.4, 0.5) is 0 Å². The second-order valence-electron chi connectivity index (χ2n) is 5.82. The summed E-state index contributed by atoms with van der Waals surface area (Å²) in [5.41, 5.74) is 0.485. The molecule has 1 unspecified atom stereocenters. The topological polar surface area (TPSA) is 151 Å². The number of allylic oxidation sites excluding steroid dienone is 3. The Labute approximate surface area is 144 Å². The molecule has 0 saturated carbocycles. The third-order valence-corrected chi connectivity index (χ3v) is 4.25. The molecule has 1 atom stereocenters. The molecule has 0 spiro atoms. The predicted molar refractivity (Wildman–Crippen MR) is 91.0 cm³/mol. The van der Waals surface area contributed by atoms with E-state index in [0.717, 1.165) is 5.56 Å². The number of phenols is 1. The van der Waals surface area contributed by atoms with Crippen molar-refractivity contribution in [1.29, 1.82) is 0 Å². The lowest BCUT2D eigenvalue weighted by Gasteiger charge is -2.32. The number of aromatic hydroxyl groups is 1. The van der Waals surface area contributed by atoms with Crippen LogP contribution in [0.2, 0.25) is 0 Å². The Balaban J connectivity index is 2.12. The smallest absolute Gasteiger partial charge is 0.448 e. The van der Waals surface area contributed by atoms with Crippen molar-refractivity contribution in [1.82, 2.24) is 0 Å². The van der Waals surface area contributed by atoms with Gasteiger partial charge in [-0.2, -0.15) is 4.76 Å². The summed E-state index contributed by atoms with van der Waals surface area (Å²) in [6.07, 6.45) is 4.28. The number of aryl methyl sites for hydroxylation is 1. The first-order valence-electron chi connectivity index (χ1n) is 7.54. The summed E-state index contributed by atoms with van der Waals surface area (Å²) in [7, 11) is -4.80. The van der Waals surface area contributed by atoms with E-state index in [4.69, 9.17) is 9.79 Å². The fourth-order valence-electron chi connectivity index (χ4n) is 2.71. The van der Waals surface area contributed by atoms with Gasteiger partial charge < -0.3 is 30.2 Å². The minimum atomic E-state index is -4.80. The average molecular weight is 369 g/mol. The van der Waals surface area contributed by atoms with Gasteiger partial charge in [0.25, 0.3) is 0 Å². The van der Waals surface area contributed by atoms with E-state index in [2.05, 4.69) is 4.76 Å². The van der Waals surface area contributed by atoms with Crippen LogP contribution in [0.5, 0.6) is 5.75 Å². The van der Waals surface area contributed by atoms with Crippen molar-refractivity contribution in [2.24, 2.45) is 10.7 Å². The summed E-state index contributed by atoms with van der Waals surface area (Å²) < 4.78 is 14.3. The molecular formula is C16H20NO7P. The van der Waals surface area contributed by atoms with Crippen molar-refractivity contribution in [3.63, 3.8) is 0 Å². The lowest BCUT2D eigenvalue weighted by atomic mass is 9.85. The minimum absolute atomic E-state index is 0.103. The number of phenolic OH excluding ortho intramolecular Hbond substituents is 1. The maximum atomic E-state index is 11.1. The molecule has 0 radical (unpaired) electrons. The first-order chi connectivity index (χ1) is 11.6. The van der Waals surface area contributed by atoms with Crippen molar-refractivity contribution in [3.05, 3.63) is 53.8 Å². The highest BCUT2D eigenvalue weighted by molar-refractivity contribution is 7.50. The second kappa shape index (κ2) is 7.51. The van der Waals surface area contributed by atoms with Gasteiger partial charge in [0.05, 0.1) is 5.71 Å². The number of aliphatic hydroxyl groups is 3.